The molecule has 3 rings (SSSR count). The van der Waals surface area contributed by atoms with Crippen LogP contribution in [0.5, 0.6) is 0 Å². The molecule has 1 aromatic heterocycles. The van der Waals surface area contributed by atoms with Gasteiger partial charge in [-0.05, 0) is 40.2 Å². The maximum absolute atomic E-state index is 13.8. The minimum absolute atomic E-state index is 0.272. The van der Waals surface area contributed by atoms with Gasteiger partial charge in [-0.15, -0.1) is 0 Å². The fraction of sp³-hybridized carbons (Fsp3) is 0. The second-order valence-corrected chi connectivity index (χ2v) is 5.26. The van der Waals surface area contributed by atoms with Gasteiger partial charge >= 0.3 is 0 Å². The molecule has 0 spiro atoms. The minimum Gasteiger partial charge on any atom is -0.397 e. The fourth-order valence-corrected chi connectivity index (χ4v) is 2.43. The molecule has 0 bridgehead atoms. The third kappa shape index (κ3) is 2.47. The second-order valence-electron chi connectivity index (χ2n) is 4.41. The fourth-order valence-electron chi connectivity index (χ4n) is 1.99. The van der Waals surface area contributed by atoms with Crippen LogP contribution in [0.3, 0.4) is 0 Å². The quantitative estimate of drug-likeness (QED) is 0.621. The van der Waals surface area contributed by atoms with E-state index in [4.69, 9.17) is 5.73 Å². The number of benzene rings is 2. The first-order chi connectivity index (χ1) is 10.1. The normalized spacial score (nSPS) is 10.8. The zero-order valence-electron chi connectivity index (χ0n) is 10.7. The van der Waals surface area contributed by atoms with Gasteiger partial charge in [-0.2, -0.15) is 0 Å². The third-order valence-corrected chi connectivity index (χ3v) is 3.70. The predicted octanol–water partition coefficient (Wildman–Crippen LogP) is 3.15. The van der Waals surface area contributed by atoms with E-state index in [0.29, 0.717) is 26.8 Å². The summed E-state index contributed by atoms with van der Waals surface area (Å²) in [5, 5.41) is 3.30. The molecule has 0 amide bonds. The maximum atomic E-state index is 13.8. The highest BCUT2D eigenvalue weighted by atomic mass is 79.9. The number of hydrogen-bond acceptors (Lipinski definition) is 4. The molecular formula is C14H10BrFN4O. The van der Waals surface area contributed by atoms with Crippen molar-refractivity contribution in [2.24, 2.45) is 0 Å². The molecule has 3 aromatic rings. The number of nitrogens with zero attached hydrogens (tertiary/aromatic N) is 1. The number of halogens is 2. The first-order valence-electron chi connectivity index (χ1n) is 6.04. The lowest BCUT2D eigenvalue weighted by Gasteiger charge is -2.12. The number of aromatic nitrogens is 2. The molecule has 7 heteroatoms. The molecule has 0 atom stereocenters. The summed E-state index contributed by atoms with van der Waals surface area (Å²) >= 11 is 3.28. The zero-order valence-corrected chi connectivity index (χ0v) is 12.2. The first kappa shape index (κ1) is 13.6. The molecule has 5 nitrogen and oxygen atoms in total. The molecule has 21 heavy (non-hydrogen) atoms. The van der Waals surface area contributed by atoms with Crippen LogP contribution < -0.4 is 16.6 Å². The lowest BCUT2D eigenvalue weighted by atomic mass is 10.2. The van der Waals surface area contributed by atoms with Crippen LogP contribution in [0.2, 0.25) is 0 Å². The molecule has 1 heterocycles. The average molecular weight is 349 g/mol. The summed E-state index contributed by atoms with van der Waals surface area (Å²) < 4.78 is 14.4. The van der Waals surface area contributed by atoms with Crippen LogP contribution >= 0.6 is 15.9 Å². The molecule has 0 aliphatic heterocycles. The predicted molar refractivity (Wildman–Crippen MR) is 84.2 cm³/mol. The Morgan fingerprint density at radius 2 is 2.14 bits per heavy atom. The van der Waals surface area contributed by atoms with Crippen molar-refractivity contribution in [1.82, 2.24) is 9.97 Å². The number of anilines is 3. The molecule has 0 aliphatic carbocycles. The van der Waals surface area contributed by atoms with E-state index < -0.39 is 5.82 Å². The summed E-state index contributed by atoms with van der Waals surface area (Å²) in [6.07, 6.45) is 1.31. The average Bonchev–Trinajstić information content (AvgIpc) is 2.45. The van der Waals surface area contributed by atoms with E-state index in [-0.39, 0.29) is 11.2 Å². The van der Waals surface area contributed by atoms with Crippen molar-refractivity contribution in [2.75, 3.05) is 11.1 Å². The number of nitrogens with one attached hydrogen (secondary N) is 2. The van der Waals surface area contributed by atoms with Crippen LogP contribution in [-0.2, 0) is 0 Å². The van der Waals surface area contributed by atoms with Gasteiger partial charge < -0.3 is 16.0 Å². The van der Waals surface area contributed by atoms with Gasteiger partial charge in [0.2, 0.25) is 0 Å². The molecule has 0 saturated carbocycles. The Kier molecular flexibility index (Phi) is 3.34. The van der Waals surface area contributed by atoms with Crippen molar-refractivity contribution in [2.45, 2.75) is 0 Å². The van der Waals surface area contributed by atoms with Gasteiger partial charge in [-0.25, -0.2) is 9.37 Å². The molecule has 0 radical (unpaired) electrons. The highest BCUT2D eigenvalue weighted by Crippen LogP contribution is 2.32. The van der Waals surface area contributed by atoms with Crippen molar-refractivity contribution >= 4 is 43.9 Å². The molecule has 0 fully saturated rings. The van der Waals surface area contributed by atoms with Gasteiger partial charge in [0.1, 0.15) is 5.82 Å². The summed E-state index contributed by atoms with van der Waals surface area (Å²) in [5.41, 5.74) is 7.20. The van der Waals surface area contributed by atoms with Gasteiger partial charge in [-0.1, -0.05) is 6.07 Å². The van der Waals surface area contributed by atoms with E-state index in [2.05, 4.69) is 31.2 Å². The number of para-hydroxylation sites is 1. The summed E-state index contributed by atoms with van der Waals surface area (Å²) in [4.78, 5) is 18.2. The standard InChI is InChI=1S/C14H10BrFN4O/c15-8-2-1-3-9(16)13(8)20-12-5-11-7(4-10(12)17)14(21)19-6-18-11/h1-6,20H,17H2,(H,18,19,21). The Hall–Kier alpha value is -2.41. The number of nitrogen functional groups attached to an aromatic ring is 1. The van der Waals surface area contributed by atoms with Crippen molar-refractivity contribution in [3.63, 3.8) is 0 Å². The van der Waals surface area contributed by atoms with E-state index in [9.17, 15) is 9.18 Å². The van der Waals surface area contributed by atoms with Crippen LogP contribution in [0.15, 0.2) is 45.9 Å². The van der Waals surface area contributed by atoms with E-state index in [1.54, 1.807) is 18.2 Å². The van der Waals surface area contributed by atoms with Crippen LogP contribution in [0.25, 0.3) is 10.9 Å². The highest BCUT2D eigenvalue weighted by molar-refractivity contribution is 9.10. The van der Waals surface area contributed by atoms with E-state index in [1.807, 2.05) is 0 Å². The highest BCUT2D eigenvalue weighted by Gasteiger charge is 2.10. The van der Waals surface area contributed by atoms with Crippen molar-refractivity contribution in [3.8, 4) is 0 Å². The van der Waals surface area contributed by atoms with Crippen molar-refractivity contribution < 1.29 is 4.39 Å². The second kappa shape index (κ2) is 5.17. The molecule has 106 valence electrons. The lowest BCUT2D eigenvalue weighted by Crippen LogP contribution is -2.08. The van der Waals surface area contributed by atoms with E-state index in [0.717, 1.165) is 0 Å². The summed E-state index contributed by atoms with van der Waals surface area (Å²) in [6.45, 7) is 0. The Bertz CT molecular complexity index is 874. The van der Waals surface area contributed by atoms with Crippen LogP contribution in [-0.4, -0.2) is 9.97 Å². The summed E-state index contributed by atoms with van der Waals surface area (Å²) in [6, 6.07) is 7.77. The Balaban J connectivity index is 2.13. The van der Waals surface area contributed by atoms with Crippen LogP contribution in [0.1, 0.15) is 0 Å². The Labute approximate surface area is 127 Å². The number of hydrogen-bond donors (Lipinski definition) is 3. The van der Waals surface area contributed by atoms with Crippen molar-refractivity contribution in [1.29, 1.82) is 0 Å². The molecule has 0 unspecified atom stereocenters. The number of rotatable bonds is 2. The molecular weight excluding hydrogens is 339 g/mol. The third-order valence-electron chi connectivity index (χ3n) is 3.03. The van der Waals surface area contributed by atoms with Gasteiger partial charge in [0.15, 0.2) is 0 Å². The number of fused-ring (bicyclic) bond motifs is 1. The minimum atomic E-state index is -0.414. The molecule has 0 aliphatic rings. The molecule has 2 aromatic carbocycles. The first-order valence-corrected chi connectivity index (χ1v) is 6.83. The monoisotopic (exact) mass is 348 g/mol. The van der Waals surface area contributed by atoms with Gasteiger partial charge in [0.05, 0.1) is 34.3 Å². The maximum Gasteiger partial charge on any atom is 0.258 e. The van der Waals surface area contributed by atoms with E-state index in [1.165, 1.54) is 18.5 Å². The van der Waals surface area contributed by atoms with Crippen molar-refractivity contribution in [3.05, 3.63) is 57.3 Å². The molecule has 0 saturated heterocycles. The lowest BCUT2D eigenvalue weighted by molar-refractivity contribution is 0.631. The number of aromatic amines is 1. The van der Waals surface area contributed by atoms with Gasteiger partial charge in [-0.3, -0.25) is 4.79 Å². The van der Waals surface area contributed by atoms with Crippen LogP contribution in [0, 0.1) is 5.82 Å². The largest absolute Gasteiger partial charge is 0.397 e. The number of nitrogens with two attached hydrogens (primary N) is 1. The zero-order chi connectivity index (χ0) is 15.0. The topological polar surface area (TPSA) is 83.8 Å². The Morgan fingerprint density at radius 1 is 1.33 bits per heavy atom. The summed E-state index contributed by atoms with van der Waals surface area (Å²) in [7, 11) is 0. The number of H-pyrrole nitrogens is 1. The molecule has 4 N–H and O–H groups in total. The summed E-state index contributed by atoms with van der Waals surface area (Å²) in [5.74, 6) is -0.414. The Morgan fingerprint density at radius 3 is 2.90 bits per heavy atom. The van der Waals surface area contributed by atoms with E-state index >= 15 is 0 Å². The van der Waals surface area contributed by atoms with Gasteiger partial charge in [0.25, 0.3) is 5.56 Å². The SMILES string of the molecule is Nc1cc2c(=O)[nH]cnc2cc1Nc1c(F)cccc1Br. The van der Waals surface area contributed by atoms with Gasteiger partial charge in [0, 0.05) is 4.47 Å². The smallest absolute Gasteiger partial charge is 0.258 e. The van der Waals surface area contributed by atoms with Crippen LogP contribution in [0.4, 0.5) is 21.5 Å².